The molecule has 9 aromatic carbocycles. The van der Waals surface area contributed by atoms with Crippen molar-refractivity contribution >= 4 is 65.0 Å². The molecule has 11 rings (SSSR count). The Labute approximate surface area is 278 Å². The molecule has 48 heavy (non-hydrogen) atoms. The predicted octanol–water partition coefficient (Wildman–Crippen LogP) is 13.3. The largest absolute Gasteiger partial charge is 0.456 e. The van der Waals surface area contributed by atoms with Gasteiger partial charge in [0.15, 0.2) is 0 Å². The zero-order valence-corrected chi connectivity index (χ0v) is 26.8. The first-order chi connectivity index (χ1) is 23.5. The maximum atomic E-state index is 6.28. The third-order valence-electron chi connectivity index (χ3n) is 11.2. The second-order valence-corrected chi connectivity index (χ2v) is 14.1. The number of benzene rings is 9. The summed E-state index contributed by atoms with van der Waals surface area (Å²) in [4.78, 5) is 0. The molecule has 1 heteroatoms. The lowest BCUT2D eigenvalue weighted by Gasteiger charge is -2.24. The first-order valence-electron chi connectivity index (χ1n) is 16.8. The van der Waals surface area contributed by atoms with E-state index >= 15 is 0 Å². The number of fused-ring (bicyclic) bond motifs is 8. The first-order valence-corrected chi connectivity index (χ1v) is 16.8. The summed E-state index contributed by atoms with van der Waals surface area (Å²) in [7, 11) is 0. The zero-order chi connectivity index (χ0) is 31.7. The van der Waals surface area contributed by atoms with E-state index < -0.39 is 0 Å². The maximum absolute atomic E-state index is 6.28. The Bertz CT molecular complexity index is 2960. The fourth-order valence-electron chi connectivity index (χ4n) is 8.99. The van der Waals surface area contributed by atoms with Gasteiger partial charge >= 0.3 is 0 Å². The topological polar surface area (TPSA) is 13.1 Å². The van der Waals surface area contributed by atoms with E-state index in [1.165, 1.54) is 87.6 Å². The van der Waals surface area contributed by atoms with E-state index in [4.69, 9.17) is 4.42 Å². The van der Waals surface area contributed by atoms with Crippen LogP contribution in [0.2, 0.25) is 0 Å². The second-order valence-electron chi connectivity index (χ2n) is 14.1. The smallest absolute Gasteiger partial charge is 0.136 e. The highest BCUT2D eigenvalue weighted by atomic mass is 16.3. The lowest BCUT2D eigenvalue weighted by atomic mass is 9.79. The van der Waals surface area contributed by atoms with Crippen LogP contribution in [-0.4, -0.2) is 0 Å². The minimum absolute atomic E-state index is 0.161. The summed E-state index contributed by atoms with van der Waals surface area (Å²) < 4.78 is 6.28. The van der Waals surface area contributed by atoms with Crippen molar-refractivity contribution < 1.29 is 4.42 Å². The third-order valence-corrected chi connectivity index (χ3v) is 11.2. The minimum atomic E-state index is -0.161. The summed E-state index contributed by atoms with van der Waals surface area (Å²) in [6.45, 7) is 4.80. The summed E-state index contributed by atoms with van der Waals surface area (Å²) in [6.07, 6.45) is 0. The lowest BCUT2D eigenvalue weighted by molar-refractivity contribution is 0.666. The van der Waals surface area contributed by atoms with Crippen LogP contribution in [0, 0.1) is 0 Å². The average Bonchev–Trinajstić information content (AvgIpc) is 3.61. The molecule has 0 N–H and O–H groups in total. The van der Waals surface area contributed by atoms with Crippen LogP contribution in [0.3, 0.4) is 0 Å². The van der Waals surface area contributed by atoms with Crippen molar-refractivity contribution in [3.05, 3.63) is 157 Å². The molecule has 0 saturated carbocycles. The van der Waals surface area contributed by atoms with Crippen molar-refractivity contribution in [1.82, 2.24) is 0 Å². The minimum Gasteiger partial charge on any atom is -0.456 e. The average molecular weight is 611 g/mol. The van der Waals surface area contributed by atoms with E-state index in [1.54, 1.807) is 0 Å². The number of hydrogen-bond acceptors (Lipinski definition) is 1. The van der Waals surface area contributed by atoms with E-state index in [0.29, 0.717) is 0 Å². The molecule has 0 spiro atoms. The van der Waals surface area contributed by atoms with Gasteiger partial charge in [0.1, 0.15) is 11.2 Å². The van der Waals surface area contributed by atoms with Crippen LogP contribution < -0.4 is 0 Å². The van der Waals surface area contributed by atoms with E-state index in [9.17, 15) is 0 Å². The summed E-state index contributed by atoms with van der Waals surface area (Å²) >= 11 is 0. The van der Waals surface area contributed by atoms with Gasteiger partial charge in [0, 0.05) is 16.2 Å². The maximum Gasteiger partial charge on any atom is 0.136 e. The predicted molar refractivity (Wildman–Crippen MR) is 203 cm³/mol. The number of para-hydroxylation sites is 1. The molecule has 0 radical (unpaired) electrons. The summed E-state index contributed by atoms with van der Waals surface area (Å²) in [5, 5.41) is 12.9. The standard InChI is InChI=1S/C47H30O/c1-47(2)41-25-30(33-19-15-29-14-13-27-7-5-8-28-16-22-38(33)45(29)44(27)28)17-20-35(41)40-24-23-34-32(10-6-11-39(34)46(40)47)31-18-21-37-36-9-3-4-12-42(36)48-43(37)26-31/h3-26H,1-2H3. The Morgan fingerprint density at radius 1 is 0.396 bits per heavy atom. The van der Waals surface area contributed by atoms with Crippen molar-refractivity contribution in [1.29, 1.82) is 0 Å². The summed E-state index contributed by atoms with van der Waals surface area (Å²) in [5.74, 6) is 0. The molecule has 0 atom stereocenters. The van der Waals surface area contributed by atoms with Crippen LogP contribution in [0.1, 0.15) is 25.0 Å². The van der Waals surface area contributed by atoms with Gasteiger partial charge in [-0.2, -0.15) is 0 Å². The second kappa shape index (κ2) is 9.12. The van der Waals surface area contributed by atoms with Crippen molar-refractivity contribution in [3.8, 4) is 33.4 Å². The van der Waals surface area contributed by atoms with Crippen molar-refractivity contribution in [2.75, 3.05) is 0 Å². The van der Waals surface area contributed by atoms with Gasteiger partial charge in [-0.15, -0.1) is 0 Å². The zero-order valence-electron chi connectivity index (χ0n) is 26.8. The van der Waals surface area contributed by atoms with Crippen molar-refractivity contribution in [2.24, 2.45) is 0 Å². The Balaban J connectivity index is 1.07. The fraction of sp³-hybridized carbons (Fsp3) is 0.0638. The molecule has 0 fully saturated rings. The molecular weight excluding hydrogens is 581 g/mol. The Morgan fingerprint density at radius 3 is 1.90 bits per heavy atom. The molecular formula is C47H30O. The van der Waals surface area contributed by atoms with Gasteiger partial charge in [-0.1, -0.05) is 135 Å². The van der Waals surface area contributed by atoms with Crippen LogP contribution in [0.25, 0.3) is 98.4 Å². The van der Waals surface area contributed by atoms with Crippen molar-refractivity contribution in [3.63, 3.8) is 0 Å². The van der Waals surface area contributed by atoms with Gasteiger partial charge in [0.05, 0.1) is 0 Å². The molecule has 224 valence electrons. The van der Waals surface area contributed by atoms with E-state index in [1.807, 2.05) is 12.1 Å². The molecule has 0 bridgehead atoms. The highest BCUT2D eigenvalue weighted by Crippen LogP contribution is 2.53. The van der Waals surface area contributed by atoms with Gasteiger partial charge in [0.25, 0.3) is 0 Å². The van der Waals surface area contributed by atoms with Crippen LogP contribution in [-0.2, 0) is 5.41 Å². The van der Waals surface area contributed by atoms with Gasteiger partial charge in [0.2, 0.25) is 0 Å². The van der Waals surface area contributed by atoms with Gasteiger partial charge in [-0.05, 0) is 112 Å². The highest BCUT2D eigenvalue weighted by molar-refractivity contribution is 6.25. The number of hydrogen-bond donors (Lipinski definition) is 0. The van der Waals surface area contributed by atoms with Gasteiger partial charge in [-0.25, -0.2) is 0 Å². The van der Waals surface area contributed by atoms with Crippen LogP contribution in [0.5, 0.6) is 0 Å². The number of rotatable bonds is 2. The fourth-order valence-corrected chi connectivity index (χ4v) is 8.99. The number of furan rings is 1. The molecule has 1 nitrogen and oxygen atoms in total. The van der Waals surface area contributed by atoms with Crippen LogP contribution >= 0.6 is 0 Å². The molecule has 1 aliphatic carbocycles. The van der Waals surface area contributed by atoms with E-state index in [-0.39, 0.29) is 5.41 Å². The Kier molecular flexibility index (Phi) is 4.97. The third kappa shape index (κ3) is 3.35. The SMILES string of the molecule is CC1(C)c2cc(-c3ccc4ccc5cccc6ccc3c4c56)ccc2-c2ccc3c(-c4ccc5c(c4)oc4ccccc45)cccc3c21. The Morgan fingerprint density at radius 2 is 1.00 bits per heavy atom. The van der Waals surface area contributed by atoms with Crippen molar-refractivity contribution in [2.45, 2.75) is 19.3 Å². The van der Waals surface area contributed by atoms with E-state index in [2.05, 4.69) is 147 Å². The molecule has 0 unspecified atom stereocenters. The molecule has 0 aliphatic heterocycles. The first kappa shape index (κ1) is 26.2. The van der Waals surface area contributed by atoms with Crippen LogP contribution in [0.15, 0.2) is 150 Å². The van der Waals surface area contributed by atoms with Gasteiger partial charge in [-0.3, -0.25) is 0 Å². The molecule has 0 amide bonds. The summed E-state index contributed by atoms with van der Waals surface area (Å²) in [6, 6.07) is 54.0. The van der Waals surface area contributed by atoms with Gasteiger partial charge < -0.3 is 4.42 Å². The van der Waals surface area contributed by atoms with Crippen LogP contribution in [0.4, 0.5) is 0 Å². The normalized spacial score (nSPS) is 13.8. The highest BCUT2D eigenvalue weighted by Gasteiger charge is 2.37. The molecule has 1 aromatic heterocycles. The molecule has 10 aromatic rings. The quantitative estimate of drug-likeness (QED) is 0.178. The molecule has 1 heterocycles. The molecule has 1 aliphatic rings. The monoisotopic (exact) mass is 610 g/mol. The summed E-state index contributed by atoms with van der Waals surface area (Å²) in [5.41, 5.74) is 12.2. The lowest BCUT2D eigenvalue weighted by Crippen LogP contribution is -2.15. The molecule has 0 saturated heterocycles. The van der Waals surface area contributed by atoms with E-state index in [0.717, 1.165) is 21.9 Å². The Hall–Kier alpha value is -5.92.